The van der Waals surface area contributed by atoms with Gasteiger partial charge in [-0.1, -0.05) is 43.8 Å². The lowest BCUT2D eigenvalue weighted by Crippen LogP contribution is -2.28. The Labute approximate surface area is 177 Å². The first-order chi connectivity index (χ1) is 14.3. The normalized spacial score (nSPS) is 12.1. The van der Waals surface area contributed by atoms with Gasteiger partial charge in [-0.05, 0) is 31.0 Å². The number of nitro benzene ring substituents is 1. The number of carbonyl (C=O) groups is 1. The molecular weight excluding hydrogens is 404 g/mol. The van der Waals surface area contributed by atoms with Crippen LogP contribution in [0, 0.1) is 16.0 Å². The van der Waals surface area contributed by atoms with Crippen molar-refractivity contribution in [3.63, 3.8) is 0 Å². The highest BCUT2D eigenvalue weighted by Gasteiger charge is 2.20. The van der Waals surface area contributed by atoms with E-state index in [2.05, 4.69) is 10.3 Å². The van der Waals surface area contributed by atoms with Gasteiger partial charge in [0.15, 0.2) is 5.16 Å². The molecule has 0 aliphatic heterocycles. The summed E-state index contributed by atoms with van der Waals surface area (Å²) in [6.45, 7) is 6.21. The molecule has 1 aromatic heterocycles. The summed E-state index contributed by atoms with van der Waals surface area (Å²) >= 11 is 1.18. The van der Waals surface area contributed by atoms with Gasteiger partial charge in [-0.2, -0.15) is 0 Å². The van der Waals surface area contributed by atoms with Gasteiger partial charge in [-0.15, -0.1) is 0 Å². The summed E-state index contributed by atoms with van der Waals surface area (Å²) in [6, 6.07) is 12.9. The Hall–Kier alpha value is -3.20. The molecule has 0 bridgehead atoms. The van der Waals surface area contributed by atoms with E-state index in [-0.39, 0.29) is 23.1 Å². The predicted molar refractivity (Wildman–Crippen MR) is 118 cm³/mol. The van der Waals surface area contributed by atoms with Crippen LogP contribution in [-0.4, -0.2) is 25.6 Å². The fourth-order valence-corrected chi connectivity index (χ4v) is 3.83. The van der Waals surface area contributed by atoms with Crippen LogP contribution < -0.4 is 10.9 Å². The van der Waals surface area contributed by atoms with Crippen LogP contribution >= 0.6 is 11.8 Å². The standard InChI is InChI=1S/C21H22N4O4S/c1-13(2)12-24-20(27)17-9-4-5-10-18(17)23-21(24)30-14(3)19(26)22-15-7-6-8-16(11-15)25(28)29/h4-11,13-14H,12H2,1-3H3,(H,22,26). The van der Waals surface area contributed by atoms with E-state index in [1.807, 2.05) is 19.9 Å². The molecule has 0 aliphatic rings. The molecule has 0 saturated carbocycles. The second-order valence-electron chi connectivity index (χ2n) is 7.28. The van der Waals surface area contributed by atoms with Crippen molar-refractivity contribution in [1.82, 2.24) is 9.55 Å². The van der Waals surface area contributed by atoms with Gasteiger partial charge >= 0.3 is 0 Å². The van der Waals surface area contributed by atoms with Crippen LogP contribution in [0.1, 0.15) is 20.8 Å². The highest BCUT2D eigenvalue weighted by molar-refractivity contribution is 8.00. The van der Waals surface area contributed by atoms with Crippen molar-refractivity contribution >= 4 is 39.9 Å². The minimum absolute atomic E-state index is 0.102. The average Bonchev–Trinajstić information content (AvgIpc) is 2.70. The lowest BCUT2D eigenvalue weighted by Gasteiger charge is -2.17. The molecule has 0 spiro atoms. The summed E-state index contributed by atoms with van der Waals surface area (Å²) in [5, 5.41) is 14.0. The number of fused-ring (bicyclic) bond motifs is 1. The molecule has 1 heterocycles. The number of carbonyl (C=O) groups excluding carboxylic acids is 1. The first kappa shape index (κ1) is 21.5. The predicted octanol–water partition coefficient (Wildman–Crippen LogP) is 4.08. The third-order valence-electron chi connectivity index (χ3n) is 4.35. The number of amides is 1. The highest BCUT2D eigenvalue weighted by Crippen LogP contribution is 2.25. The number of nitro groups is 1. The first-order valence-corrected chi connectivity index (χ1v) is 10.4. The zero-order valence-corrected chi connectivity index (χ0v) is 17.7. The molecule has 8 nitrogen and oxygen atoms in total. The molecular formula is C21H22N4O4S. The molecule has 1 N–H and O–H groups in total. The summed E-state index contributed by atoms with van der Waals surface area (Å²) in [6.07, 6.45) is 0. The number of benzene rings is 2. The Kier molecular flexibility index (Phi) is 6.51. The maximum atomic E-state index is 13.0. The number of nitrogens with zero attached hydrogens (tertiary/aromatic N) is 3. The molecule has 3 rings (SSSR count). The fourth-order valence-electron chi connectivity index (χ4n) is 2.92. The van der Waals surface area contributed by atoms with Crippen molar-refractivity contribution < 1.29 is 9.72 Å². The maximum Gasteiger partial charge on any atom is 0.271 e. The minimum atomic E-state index is -0.573. The van der Waals surface area contributed by atoms with E-state index in [1.54, 1.807) is 35.8 Å². The SMILES string of the molecule is CC(C)Cn1c(SC(C)C(=O)Nc2cccc([N+](=O)[O-])c2)nc2ccccc2c1=O. The zero-order chi connectivity index (χ0) is 21.8. The van der Waals surface area contributed by atoms with Crippen molar-refractivity contribution in [2.75, 3.05) is 5.32 Å². The third-order valence-corrected chi connectivity index (χ3v) is 5.44. The van der Waals surface area contributed by atoms with Gasteiger partial charge < -0.3 is 5.32 Å². The van der Waals surface area contributed by atoms with Crippen molar-refractivity contribution in [1.29, 1.82) is 0 Å². The second kappa shape index (κ2) is 9.08. The molecule has 9 heteroatoms. The third kappa shape index (κ3) is 4.85. The van der Waals surface area contributed by atoms with Crippen LogP contribution in [0.4, 0.5) is 11.4 Å². The summed E-state index contributed by atoms with van der Waals surface area (Å²) < 4.78 is 1.61. The van der Waals surface area contributed by atoms with Crippen LogP contribution in [0.2, 0.25) is 0 Å². The zero-order valence-electron chi connectivity index (χ0n) is 16.9. The number of nitrogens with one attached hydrogen (secondary N) is 1. The molecule has 1 atom stereocenters. The number of anilines is 1. The lowest BCUT2D eigenvalue weighted by atomic mass is 10.2. The van der Waals surface area contributed by atoms with Crippen LogP contribution in [-0.2, 0) is 11.3 Å². The van der Waals surface area contributed by atoms with Crippen molar-refractivity contribution in [2.45, 2.75) is 37.7 Å². The Morgan fingerprint density at radius 2 is 1.93 bits per heavy atom. The topological polar surface area (TPSA) is 107 Å². The van der Waals surface area contributed by atoms with Crippen molar-refractivity contribution in [2.24, 2.45) is 5.92 Å². The van der Waals surface area contributed by atoms with E-state index in [9.17, 15) is 19.7 Å². The minimum Gasteiger partial charge on any atom is -0.325 e. The summed E-state index contributed by atoms with van der Waals surface area (Å²) in [5.41, 5.74) is 0.683. The Morgan fingerprint density at radius 1 is 1.20 bits per heavy atom. The van der Waals surface area contributed by atoms with Crippen LogP contribution in [0.15, 0.2) is 58.5 Å². The number of rotatable bonds is 7. The van der Waals surface area contributed by atoms with Gasteiger partial charge in [0, 0.05) is 24.4 Å². The largest absolute Gasteiger partial charge is 0.325 e. The summed E-state index contributed by atoms with van der Waals surface area (Å²) in [7, 11) is 0. The van der Waals surface area contributed by atoms with E-state index in [4.69, 9.17) is 0 Å². The van der Waals surface area contributed by atoms with Gasteiger partial charge in [0.05, 0.1) is 21.1 Å². The van der Waals surface area contributed by atoms with Gasteiger partial charge in [-0.3, -0.25) is 24.3 Å². The number of hydrogen-bond donors (Lipinski definition) is 1. The quantitative estimate of drug-likeness (QED) is 0.264. The lowest BCUT2D eigenvalue weighted by molar-refractivity contribution is -0.384. The first-order valence-electron chi connectivity index (χ1n) is 9.48. The Balaban J connectivity index is 1.87. The fraction of sp³-hybridized carbons (Fsp3) is 0.286. The molecule has 3 aromatic rings. The van der Waals surface area contributed by atoms with E-state index >= 15 is 0 Å². The molecule has 30 heavy (non-hydrogen) atoms. The molecule has 0 aliphatic carbocycles. The van der Waals surface area contributed by atoms with Gasteiger partial charge in [-0.25, -0.2) is 4.98 Å². The van der Waals surface area contributed by atoms with Gasteiger partial charge in [0.2, 0.25) is 5.91 Å². The van der Waals surface area contributed by atoms with Crippen molar-refractivity contribution in [3.8, 4) is 0 Å². The van der Waals surface area contributed by atoms with E-state index < -0.39 is 10.2 Å². The Morgan fingerprint density at radius 3 is 2.63 bits per heavy atom. The molecule has 0 fully saturated rings. The molecule has 1 amide bonds. The molecule has 1 unspecified atom stereocenters. The van der Waals surface area contributed by atoms with Crippen molar-refractivity contribution in [3.05, 3.63) is 69.0 Å². The summed E-state index contributed by atoms with van der Waals surface area (Å²) in [4.78, 5) is 40.7. The number of aromatic nitrogens is 2. The van der Waals surface area contributed by atoms with Gasteiger partial charge in [0.25, 0.3) is 11.2 Å². The number of para-hydroxylation sites is 1. The monoisotopic (exact) mass is 426 g/mol. The van der Waals surface area contributed by atoms with E-state index in [0.717, 1.165) is 0 Å². The van der Waals surface area contributed by atoms with Crippen LogP contribution in [0.3, 0.4) is 0 Å². The molecule has 0 radical (unpaired) electrons. The van der Waals surface area contributed by atoms with E-state index in [1.165, 1.54) is 30.0 Å². The molecule has 0 saturated heterocycles. The summed E-state index contributed by atoms with van der Waals surface area (Å²) in [5.74, 6) is -0.113. The van der Waals surface area contributed by atoms with E-state index in [0.29, 0.717) is 28.3 Å². The molecule has 2 aromatic carbocycles. The Bertz CT molecular complexity index is 1160. The number of hydrogen-bond acceptors (Lipinski definition) is 6. The highest BCUT2D eigenvalue weighted by atomic mass is 32.2. The number of non-ortho nitro benzene ring substituents is 1. The maximum absolute atomic E-state index is 13.0. The second-order valence-corrected chi connectivity index (χ2v) is 8.59. The number of thioether (sulfide) groups is 1. The average molecular weight is 426 g/mol. The smallest absolute Gasteiger partial charge is 0.271 e. The molecule has 156 valence electrons. The van der Waals surface area contributed by atoms with Gasteiger partial charge in [0.1, 0.15) is 0 Å². The van der Waals surface area contributed by atoms with Crippen LogP contribution in [0.25, 0.3) is 10.9 Å². The van der Waals surface area contributed by atoms with Crippen LogP contribution in [0.5, 0.6) is 0 Å².